The molecule has 1 aromatic rings. The number of aromatic nitrogens is 1. The summed E-state index contributed by atoms with van der Waals surface area (Å²) in [7, 11) is 0. The summed E-state index contributed by atoms with van der Waals surface area (Å²) in [6.07, 6.45) is 1.59. The second-order valence-corrected chi connectivity index (χ2v) is 4.31. The first-order valence-electron chi connectivity index (χ1n) is 6.18. The van der Waals surface area contributed by atoms with Crippen LogP contribution in [-0.2, 0) is 0 Å². The minimum absolute atomic E-state index is 0.294. The molecule has 1 aliphatic rings. The zero-order valence-electron chi connectivity index (χ0n) is 10.4. The van der Waals surface area contributed by atoms with E-state index in [2.05, 4.69) is 20.5 Å². The van der Waals surface area contributed by atoms with E-state index in [1.165, 1.54) is 0 Å². The Morgan fingerprint density at radius 2 is 2.28 bits per heavy atom. The van der Waals surface area contributed by atoms with Gasteiger partial charge >= 0.3 is 0 Å². The number of nitrogens with one attached hydrogen (secondary N) is 2. The molecule has 2 rings (SSSR count). The standard InChI is InChI=1S/C12H19N5O/c13-12(18)11-9-10(1-2-16-11)15-5-8-17-6-3-14-4-7-17/h1-2,9,14H,3-8H2,(H2,13,18)(H,15,16). The van der Waals surface area contributed by atoms with E-state index >= 15 is 0 Å². The van der Waals surface area contributed by atoms with Crippen molar-refractivity contribution >= 4 is 11.6 Å². The van der Waals surface area contributed by atoms with Crippen molar-refractivity contribution < 1.29 is 4.79 Å². The summed E-state index contributed by atoms with van der Waals surface area (Å²) in [6, 6.07) is 3.52. The normalized spacial score (nSPS) is 16.4. The minimum atomic E-state index is -0.499. The molecule has 0 spiro atoms. The highest BCUT2D eigenvalue weighted by atomic mass is 16.1. The maximum absolute atomic E-state index is 11.0. The van der Waals surface area contributed by atoms with Gasteiger partial charge in [-0.05, 0) is 12.1 Å². The number of carbonyl (C=O) groups excluding carboxylic acids is 1. The molecule has 1 amide bonds. The Bertz CT molecular complexity index is 403. The maximum Gasteiger partial charge on any atom is 0.267 e. The first kappa shape index (κ1) is 12.8. The number of carbonyl (C=O) groups is 1. The van der Waals surface area contributed by atoms with Crippen LogP contribution >= 0.6 is 0 Å². The lowest BCUT2D eigenvalue weighted by atomic mass is 10.3. The molecule has 0 aromatic carbocycles. The molecule has 1 fully saturated rings. The Kier molecular flexibility index (Phi) is 4.49. The molecule has 6 nitrogen and oxygen atoms in total. The lowest BCUT2D eigenvalue weighted by Gasteiger charge is -2.27. The van der Waals surface area contributed by atoms with Gasteiger partial charge in [0.05, 0.1) is 0 Å². The highest BCUT2D eigenvalue weighted by Gasteiger charge is 2.08. The molecule has 0 saturated carbocycles. The third-order valence-electron chi connectivity index (χ3n) is 2.98. The van der Waals surface area contributed by atoms with Crippen LogP contribution in [0.5, 0.6) is 0 Å². The largest absolute Gasteiger partial charge is 0.384 e. The molecule has 4 N–H and O–H groups in total. The summed E-state index contributed by atoms with van der Waals surface area (Å²) in [6.45, 7) is 6.13. The number of nitrogens with two attached hydrogens (primary N) is 1. The molecule has 0 atom stereocenters. The van der Waals surface area contributed by atoms with Gasteiger partial charge in [0.2, 0.25) is 0 Å². The van der Waals surface area contributed by atoms with E-state index in [1.54, 1.807) is 12.3 Å². The quantitative estimate of drug-likeness (QED) is 0.655. The van der Waals surface area contributed by atoms with Crippen molar-refractivity contribution in [1.82, 2.24) is 15.2 Å². The highest BCUT2D eigenvalue weighted by molar-refractivity contribution is 5.91. The van der Waals surface area contributed by atoms with E-state index in [0.717, 1.165) is 45.0 Å². The van der Waals surface area contributed by atoms with Crippen LogP contribution in [0.1, 0.15) is 10.5 Å². The van der Waals surface area contributed by atoms with Gasteiger partial charge in [-0.25, -0.2) is 0 Å². The summed E-state index contributed by atoms with van der Waals surface area (Å²) in [5.74, 6) is -0.499. The Morgan fingerprint density at radius 3 is 3.00 bits per heavy atom. The molecule has 1 aromatic heterocycles. The van der Waals surface area contributed by atoms with Crippen LogP contribution < -0.4 is 16.4 Å². The SMILES string of the molecule is NC(=O)c1cc(NCCN2CCNCC2)ccn1. The second-order valence-electron chi connectivity index (χ2n) is 4.31. The smallest absolute Gasteiger partial charge is 0.267 e. The average molecular weight is 249 g/mol. The van der Waals surface area contributed by atoms with E-state index in [0.29, 0.717) is 5.69 Å². The number of pyridine rings is 1. The number of amides is 1. The first-order chi connectivity index (χ1) is 8.75. The van der Waals surface area contributed by atoms with Crippen LogP contribution in [0, 0.1) is 0 Å². The zero-order chi connectivity index (χ0) is 12.8. The third kappa shape index (κ3) is 3.68. The molecule has 18 heavy (non-hydrogen) atoms. The van der Waals surface area contributed by atoms with Crippen LogP contribution in [0.2, 0.25) is 0 Å². The van der Waals surface area contributed by atoms with Crippen molar-refractivity contribution in [2.45, 2.75) is 0 Å². The van der Waals surface area contributed by atoms with Gasteiger partial charge in [-0.3, -0.25) is 14.7 Å². The summed E-state index contributed by atoms with van der Waals surface area (Å²) >= 11 is 0. The summed E-state index contributed by atoms with van der Waals surface area (Å²) in [5.41, 5.74) is 6.36. The van der Waals surface area contributed by atoms with Gasteiger partial charge in [0.25, 0.3) is 5.91 Å². The van der Waals surface area contributed by atoms with Crippen molar-refractivity contribution in [2.75, 3.05) is 44.6 Å². The number of anilines is 1. The molecule has 2 heterocycles. The third-order valence-corrected chi connectivity index (χ3v) is 2.98. The number of rotatable bonds is 5. The van der Waals surface area contributed by atoms with Crippen LogP contribution in [0.15, 0.2) is 18.3 Å². The molecule has 1 saturated heterocycles. The van der Waals surface area contributed by atoms with Gasteiger partial charge < -0.3 is 16.4 Å². The van der Waals surface area contributed by atoms with Gasteiger partial charge in [-0.1, -0.05) is 0 Å². The second kappa shape index (κ2) is 6.32. The predicted octanol–water partition coefficient (Wildman–Crippen LogP) is -0.502. The zero-order valence-corrected chi connectivity index (χ0v) is 10.4. The fraction of sp³-hybridized carbons (Fsp3) is 0.500. The molecule has 1 aliphatic heterocycles. The van der Waals surface area contributed by atoms with Gasteiger partial charge in [-0.2, -0.15) is 0 Å². The Morgan fingerprint density at radius 1 is 1.50 bits per heavy atom. The van der Waals surface area contributed by atoms with E-state index in [-0.39, 0.29) is 0 Å². The van der Waals surface area contributed by atoms with Crippen LogP contribution in [0.4, 0.5) is 5.69 Å². The van der Waals surface area contributed by atoms with Crippen molar-refractivity contribution in [2.24, 2.45) is 5.73 Å². The molecular weight excluding hydrogens is 230 g/mol. The molecule has 0 bridgehead atoms. The van der Waals surface area contributed by atoms with Crippen LogP contribution in [-0.4, -0.2) is 55.1 Å². The number of piperazine rings is 1. The first-order valence-corrected chi connectivity index (χ1v) is 6.18. The number of hydrogen-bond donors (Lipinski definition) is 3. The average Bonchev–Trinajstić information content (AvgIpc) is 2.40. The van der Waals surface area contributed by atoms with Crippen LogP contribution in [0.3, 0.4) is 0 Å². The van der Waals surface area contributed by atoms with Gasteiger partial charge in [0.1, 0.15) is 5.69 Å². The van der Waals surface area contributed by atoms with Gasteiger partial charge in [0.15, 0.2) is 0 Å². The van der Waals surface area contributed by atoms with Crippen molar-refractivity contribution in [3.05, 3.63) is 24.0 Å². The van der Waals surface area contributed by atoms with Gasteiger partial charge in [0, 0.05) is 51.2 Å². The molecule has 6 heteroatoms. The fourth-order valence-electron chi connectivity index (χ4n) is 1.97. The molecular formula is C12H19N5O. The minimum Gasteiger partial charge on any atom is -0.384 e. The van der Waals surface area contributed by atoms with Gasteiger partial charge in [-0.15, -0.1) is 0 Å². The van der Waals surface area contributed by atoms with Crippen LogP contribution in [0.25, 0.3) is 0 Å². The molecule has 0 aliphatic carbocycles. The van der Waals surface area contributed by atoms with E-state index < -0.39 is 5.91 Å². The van der Waals surface area contributed by atoms with E-state index in [9.17, 15) is 4.79 Å². The predicted molar refractivity (Wildman–Crippen MR) is 70.6 cm³/mol. The van der Waals surface area contributed by atoms with Crippen molar-refractivity contribution in [3.63, 3.8) is 0 Å². The molecule has 98 valence electrons. The summed E-state index contributed by atoms with van der Waals surface area (Å²) < 4.78 is 0. The number of nitrogens with zero attached hydrogens (tertiary/aromatic N) is 2. The Hall–Kier alpha value is -1.66. The monoisotopic (exact) mass is 249 g/mol. The highest BCUT2D eigenvalue weighted by Crippen LogP contribution is 2.07. The van der Waals surface area contributed by atoms with Crippen molar-refractivity contribution in [1.29, 1.82) is 0 Å². The fourth-order valence-corrected chi connectivity index (χ4v) is 1.97. The maximum atomic E-state index is 11.0. The lowest BCUT2D eigenvalue weighted by molar-refractivity contribution is 0.0995. The Labute approximate surface area is 107 Å². The van der Waals surface area contributed by atoms with E-state index in [4.69, 9.17) is 5.73 Å². The summed E-state index contributed by atoms with van der Waals surface area (Å²) in [4.78, 5) is 17.3. The number of hydrogen-bond acceptors (Lipinski definition) is 5. The lowest BCUT2D eigenvalue weighted by Crippen LogP contribution is -2.45. The summed E-state index contributed by atoms with van der Waals surface area (Å²) in [5, 5.41) is 6.60. The van der Waals surface area contributed by atoms with Crippen molar-refractivity contribution in [3.8, 4) is 0 Å². The molecule has 0 unspecified atom stereocenters. The number of primary amides is 1. The topological polar surface area (TPSA) is 83.3 Å². The Balaban J connectivity index is 1.78. The van der Waals surface area contributed by atoms with E-state index in [1.807, 2.05) is 6.07 Å². The molecule has 0 radical (unpaired) electrons.